The Morgan fingerprint density at radius 1 is 1.33 bits per heavy atom. The highest BCUT2D eigenvalue weighted by molar-refractivity contribution is 9.10. The van der Waals surface area contributed by atoms with E-state index in [2.05, 4.69) is 33.0 Å². The number of nitrogens with zero attached hydrogens (tertiary/aromatic N) is 1. The maximum Gasteiger partial charge on any atom is 0.0588 e. The van der Waals surface area contributed by atoms with Gasteiger partial charge in [0, 0.05) is 41.3 Å². The zero-order valence-corrected chi connectivity index (χ0v) is 11.9. The van der Waals surface area contributed by atoms with E-state index in [0.717, 1.165) is 30.4 Å². The molecule has 18 heavy (non-hydrogen) atoms. The second-order valence-electron chi connectivity index (χ2n) is 5.42. The van der Waals surface area contributed by atoms with Crippen LogP contribution in [0.2, 0.25) is 0 Å². The summed E-state index contributed by atoms with van der Waals surface area (Å²) in [4.78, 5) is 2.39. The summed E-state index contributed by atoms with van der Waals surface area (Å²) in [5.74, 6) is 1.11. The molecular formula is C14H19BrN2O. The van der Waals surface area contributed by atoms with E-state index in [9.17, 15) is 5.11 Å². The monoisotopic (exact) mass is 310 g/mol. The Bertz CT molecular complexity index is 451. The van der Waals surface area contributed by atoms with Gasteiger partial charge in [-0.2, -0.15) is 0 Å². The van der Waals surface area contributed by atoms with Gasteiger partial charge in [0.2, 0.25) is 0 Å². The fourth-order valence-electron chi connectivity index (χ4n) is 3.48. The van der Waals surface area contributed by atoms with Crippen molar-refractivity contribution in [3.8, 4) is 0 Å². The summed E-state index contributed by atoms with van der Waals surface area (Å²) in [5.41, 5.74) is 8.26. The highest BCUT2D eigenvalue weighted by Crippen LogP contribution is 2.41. The van der Waals surface area contributed by atoms with Gasteiger partial charge in [-0.3, -0.25) is 0 Å². The summed E-state index contributed by atoms with van der Waals surface area (Å²) in [5, 5.41) is 9.98. The number of anilines is 1. The molecule has 3 rings (SSSR count). The molecule has 1 aliphatic carbocycles. The van der Waals surface area contributed by atoms with E-state index < -0.39 is 0 Å². The van der Waals surface area contributed by atoms with E-state index >= 15 is 0 Å². The van der Waals surface area contributed by atoms with Crippen molar-refractivity contribution >= 4 is 21.6 Å². The van der Waals surface area contributed by atoms with Crippen LogP contribution in [-0.4, -0.2) is 24.3 Å². The second kappa shape index (κ2) is 4.83. The lowest BCUT2D eigenvalue weighted by Gasteiger charge is -2.24. The molecule has 1 aromatic rings. The second-order valence-corrected chi connectivity index (χ2v) is 6.27. The van der Waals surface area contributed by atoms with Gasteiger partial charge >= 0.3 is 0 Å². The topological polar surface area (TPSA) is 49.5 Å². The van der Waals surface area contributed by atoms with Crippen molar-refractivity contribution in [2.75, 3.05) is 18.0 Å². The van der Waals surface area contributed by atoms with Gasteiger partial charge in [0.15, 0.2) is 0 Å². The van der Waals surface area contributed by atoms with Crippen LogP contribution in [0.25, 0.3) is 0 Å². The molecule has 4 heteroatoms. The van der Waals surface area contributed by atoms with E-state index in [1.54, 1.807) is 0 Å². The van der Waals surface area contributed by atoms with E-state index in [1.165, 1.54) is 11.3 Å². The van der Waals surface area contributed by atoms with Gasteiger partial charge in [-0.05, 0) is 30.9 Å². The molecule has 3 unspecified atom stereocenters. The van der Waals surface area contributed by atoms with Crippen molar-refractivity contribution in [3.05, 3.63) is 28.2 Å². The Balaban J connectivity index is 1.87. The highest BCUT2D eigenvalue weighted by atomic mass is 79.9. The van der Waals surface area contributed by atoms with Crippen LogP contribution in [0.5, 0.6) is 0 Å². The summed E-state index contributed by atoms with van der Waals surface area (Å²) in [6.07, 6.45) is 2.04. The molecule has 98 valence electrons. The van der Waals surface area contributed by atoms with Crippen LogP contribution < -0.4 is 10.6 Å². The number of hydrogen-bond donors (Lipinski definition) is 2. The fraction of sp³-hybridized carbons (Fsp3) is 0.571. The molecule has 2 aliphatic rings. The molecular weight excluding hydrogens is 292 g/mol. The summed E-state index contributed by atoms with van der Waals surface area (Å²) in [7, 11) is 0. The number of benzene rings is 1. The van der Waals surface area contributed by atoms with Crippen LogP contribution in [0.15, 0.2) is 22.7 Å². The van der Waals surface area contributed by atoms with Gasteiger partial charge in [0.25, 0.3) is 0 Å². The van der Waals surface area contributed by atoms with Crippen LogP contribution >= 0.6 is 15.9 Å². The Hall–Kier alpha value is -0.580. The van der Waals surface area contributed by atoms with Crippen molar-refractivity contribution in [3.63, 3.8) is 0 Å². The molecule has 0 aromatic heterocycles. The summed E-state index contributed by atoms with van der Waals surface area (Å²) in [6.45, 7) is 2.58. The third kappa shape index (κ3) is 1.96. The van der Waals surface area contributed by atoms with E-state index in [-0.39, 0.29) is 6.10 Å². The number of hydrogen-bond acceptors (Lipinski definition) is 3. The lowest BCUT2D eigenvalue weighted by atomic mass is 10.00. The minimum absolute atomic E-state index is 0.103. The number of aliphatic hydroxyl groups is 1. The van der Waals surface area contributed by atoms with Gasteiger partial charge in [-0.25, -0.2) is 0 Å². The molecule has 2 fully saturated rings. The Kier molecular flexibility index (Phi) is 3.34. The molecule has 0 spiro atoms. The lowest BCUT2D eigenvalue weighted by molar-refractivity contribution is 0.133. The first-order chi connectivity index (χ1) is 8.70. The minimum Gasteiger partial charge on any atom is -0.393 e. The average molecular weight is 311 g/mol. The largest absolute Gasteiger partial charge is 0.393 e. The molecule has 1 saturated carbocycles. The number of fused-ring (bicyclic) bond motifs is 1. The maximum atomic E-state index is 9.98. The summed E-state index contributed by atoms with van der Waals surface area (Å²) >= 11 is 3.57. The molecule has 3 atom stereocenters. The van der Waals surface area contributed by atoms with Crippen molar-refractivity contribution in [1.82, 2.24) is 0 Å². The summed E-state index contributed by atoms with van der Waals surface area (Å²) in [6, 6.07) is 6.24. The lowest BCUT2D eigenvalue weighted by Crippen LogP contribution is -2.25. The standard InChI is InChI=1S/C14H19BrN2O/c15-12-2-1-3-13(10(12)6-16)17-7-9-4-5-14(18)11(9)8-17/h1-3,9,11,14,18H,4-8,16H2. The van der Waals surface area contributed by atoms with Crippen molar-refractivity contribution in [2.45, 2.75) is 25.5 Å². The van der Waals surface area contributed by atoms with Crippen LogP contribution in [0.1, 0.15) is 18.4 Å². The molecule has 1 aromatic carbocycles. The molecule has 1 heterocycles. The number of aliphatic hydroxyl groups excluding tert-OH is 1. The molecule has 0 amide bonds. The normalized spacial score (nSPS) is 30.8. The van der Waals surface area contributed by atoms with Gasteiger partial charge in [0.1, 0.15) is 0 Å². The van der Waals surface area contributed by atoms with Crippen LogP contribution in [0.4, 0.5) is 5.69 Å². The first kappa shape index (κ1) is 12.5. The number of halogens is 1. The molecule has 0 bridgehead atoms. The highest BCUT2D eigenvalue weighted by Gasteiger charge is 2.42. The molecule has 1 aliphatic heterocycles. The predicted octanol–water partition coefficient (Wildman–Crippen LogP) is 2.11. The van der Waals surface area contributed by atoms with Crippen molar-refractivity contribution in [2.24, 2.45) is 17.6 Å². The van der Waals surface area contributed by atoms with Crippen LogP contribution in [-0.2, 0) is 6.54 Å². The van der Waals surface area contributed by atoms with Gasteiger partial charge in [-0.15, -0.1) is 0 Å². The molecule has 3 N–H and O–H groups in total. The average Bonchev–Trinajstić information content (AvgIpc) is 2.92. The minimum atomic E-state index is -0.103. The quantitative estimate of drug-likeness (QED) is 0.879. The molecule has 3 nitrogen and oxygen atoms in total. The van der Waals surface area contributed by atoms with Crippen molar-refractivity contribution in [1.29, 1.82) is 0 Å². The van der Waals surface area contributed by atoms with E-state index in [4.69, 9.17) is 5.73 Å². The Morgan fingerprint density at radius 2 is 2.17 bits per heavy atom. The predicted molar refractivity (Wildman–Crippen MR) is 76.5 cm³/mol. The number of rotatable bonds is 2. The maximum absolute atomic E-state index is 9.98. The molecule has 1 saturated heterocycles. The third-order valence-electron chi connectivity index (χ3n) is 4.46. The fourth-order valence-corrected chi connectivity index (χ4v) is 4.00. The Labute approximate surface area is 116 Å². The SMILES string of the molecule is NCc1c(Br)cccc1N1CC2CCC(O)C2C1. The third-order valence-corrected chi connectivity index (χ3v) is 5.20. The number of nitrogens with two attached hydrogens (primary N) is 1. The first-order valence-corrected chi connectivity index (χ1v) is 7.40. The van der Waals surface area contributed by atoms with Crippen molar-refractivity contribution < 1.29 is 5.11 Å². The van der Waals surface area contributed by atoms with Crippen LogP contribution in [0, 0.1) is 11.8 Å². The smallest absolute Gasteiger partial charge is 0.0588 e. The van der Waals surface area contributed by atoms with E-state index in [0.29, 0.717) is 18.4 Å². The Morgan fingerprint density at radius 3 is 2.89 bits per heavy atom. The van der Waals surface area contributed by atoms with E-state index in [1.807, 2.05) is 6.07 Å². The van der Waals surface area contributed by atoms with Gasteiger partial charge in [-0.1, -0.05) is 22.0 Å². The van der Waals surface area contributed by atoms with Crippen LogP contribution in [0.3, 0.4) is 0 Å². The summed E-state index contributed by atoms with van der Waals surface area (Å²) < 4.78 is 1.08. The zero-order chi connectivity index (χ0) is 12.7. The zero-order valence-electron chi connectivity index (χ0n) is 10.3. The first-order valence-electron chi connectivity index (χ1n) is 6.61. The van der Waals surface area contributed by atoms with Gasteiger partial charge < -0.3 is 15.7 Å². The van der Waals surface area contributed by atoms with Gasteiger partial charge in [0.05, 0.1) is 6.10 Å². The molecule has 0 radical (unpaired) electrons.